The molecule has 0 saturated heterocycles. The molecule has 17 heavy (non-hydrogen) atoms. The van der Waals surface area contributed by atoms with Crippen molar-refractivity contribution in [2.45, 2.75) is 26.1 Å². The van der Waals surface area contributed by atoms with Crippen LogP contribution in [-0.4, -0.2) is 29.9 Å². The quantitative estimate of drug-likeness (QED) is 0.821. The molecule has 1 rings (SSSR count). The highest BCUT2D eigenvalue weighted by Gasteiger charge is 2.27. The van der Waals surface area contributed by atoms with Crippen molar-refractivity contribution in [3.63, 3.8) is 0 Å². The van der Waals surface area contributed by atoms with E-state index in [2.05, 4.69) is 0 Å². The van der Waals surface area contributed by atoms with Gasteiger partial charge in [0, 0.05) is 5.02 Å². The minimum absolute atomic E-state index is 0.242. The molecule has 1 aromatic rings. The Morgan fingerprint density at radius 1 is 1.41 bits per heavy atom. The number of ether oxygens (including phenoxy) is 2. The topological polar surface area (TPSA) is 55.8 Å². The predicted molar refractivity (Wildman–Crippen MR) is 64.2 cm³/mol. The molecule has 0 unspecified atom stereocenters. The van der Waals surface area contributed by atoms with E-state index in [1.807, 2.05) is 0 Å². The molecule has 1 aromatic carbocycles. The van der Waals surface area contributed by atoms with E-state index in [-0.39, 0.29) is 6.61 Å². The number of rotatable bonds is 5. The number of carbonyl (C=O) groups is 1. The van der Waals surface area contributed by atoms with Crippen LogP contribution < -0.4 is 4.74 Å². The van der Waals surface area contributed by atoms with Crippen molar-refractivity contribution in [2.75, 3.05) is 6.61 Å². The van der Waals surface area contributed by atoms with Gasteiger partial charge in [0.15, 0.2) is 0 Å². The van der Waals surface area contributed by atoms with Crippen molar-refractivity contribution in [1.29, 1.82) is 0 Å². The lowest BCUT2D eigenvalue weighted by atomic mass is 10.2. The summed E-state index contributed by atoms with van der Waals surface area (Å²) in [5.74, 6) is -0.134. The molecular weight excluding hydrogens is 244 g/mol. The van der Waals surface area contributed by atoms with Crippen LogP contribution in [-0.2, 0) is 9.53 Å². The number of benzene rings is 1. The Hall–Kier alpha value is -1.26. The van der Waals surface area contributed by atoms with Crippen molar-refractivity contribution in [2.24, 2.45) is 0 Å². The molecule has 0 amide bonds. The molecule has 5 heteroatoms. The summed E-state index contributed by atoms with van der Waals surface area (Å²) in [4.78, 5) is 11.5. The average Bonchev–Trinajstić information content (AvgIpc) is 2.28. The molecular formula is C12H15ClO4. The molecule has 0 bridgehead atoms. The number of esters is 1. The van der Waals surface area contributed by atoms with E-state index in [0.717, 1.165) is 0 Å². The predicted octanol–water partition coefficient (Wildman–Crippen LogP) is 2.03. The fourth-order valence-corrected chi connectivity index (χ4v) is 1.35. The summed E-state index contributed by atoms with van der Waals surface area (Å²) < 4.78 is 10.2. The minimum atomic E-state index is -1.03. The molecule has 0 aliphatic carbocycles. The molecule has 94 valence electrons. The lowest BCUT2D eigenvalue weighted by molar-refractivity contribution is -0.156. The van der Waals surface area contributed by atoms with Gasteiger partial charge >= 0.3 is 5.97 Å². The summed E-state index contributed by atoms with van der Waals surface area (Å²) in [5, 5.41) is 10.0. The monoisotopic (exact) mass is 258 g/mol. The van der Waals surface area contributed by atoms with Crippen LogP contribution in [0.5, 0.6) is 5.75 Å². The van der Waals surface area contributed by atoms with Gasteiger partial charge in [-0.1, -0.05) is 11.6 Å². The number of hydrogen-bond donors (Lipinski definition) is 1. The summed E-state index contributed by atoms with van der Waals surface area (Å²) in [6.45, 7) is 3.41. The Labute approximate surface area is 105 Å². The molecule has 0 saturated carbocycles. The molecule has 0 aromatic heterocycles. The molecule has 4 nitrogen and oxygen atoms in total. The van der Waals surface area contributed by atoms with Crippen LogP contribution >= 0.6 is 11.6 Å². The maximum absolute atomic E-state index is 11.5. The van der Waals surface area contributed by atoms with Gasteiger partial charge in [-0.05, 0) is 38.1 Å². The van der Waals surface area contributed by atoms with Gasteiger partial charge < -0.3 is 14.6 Å². The maximum atomic E-state index is 11.5. The first-order chi connectivity index (χ1) is 8.04. The third kappa shape index (κ3) is 4.24. The summed E-state index contributed by atoms with van der Waals surface area (Å²) in [6, 6.07) is 6.52. The average molecular weight is 259 g/mol. The SMILES string of the molecule is CCOC(=O)[C@H](Oc1ccc(Cl)cc1)[C@H](C)O. The van der Waals surface area contributed by atoms with Gasteiger partial charge in [-0.15, -0.1) is 0 Å². The van der Waals surface area contributed by atoms with Gasteiger partial charge in [-0.25, -0.2) is 4.79 Å². The van der Waals surface area contributed by atoms with Gasteiger partial charge in [0.1, 0.15) is 5.75 Å². The van der Waals surface area contributed by atoms with Crippen LogP contribution in [0.15, 0.2) is 24.3 Å². The largest absolute Gasteiger partial charge is 0.476 e. The van der Waals surface area contributed by atoms with Gasteiger partial charge in [0.05, 0.1) is 12.7 Å². The number of carbonyl (C=O) groups excluding carboxylic acids is 1. The minimum Gasteiger partial charge on any atom is -0.476 e. The van der Waals surface area contributed by atoms with Crippen LogP contribution in [0.3, 0.4) is 0 Å². The second kappa shape index (κ2) is 6.47. The summed E-state index contributed by atoms with van der Waals surface area (Å²) in [7, 11) is 0. The van der Waals surface area contributed by atoms with E-state index in [9.17, 15) is 9.90 Å². The molecule has 0 spiro atoms. The highest BCUT2D eigenvalue weighted by molar-refractivity contribution is 6.30. The smallest absolute Gasteiger partial charge is 0.350 e. The number of hydrogen-bond acceptors (Lipinski definition) is 4. The van der Waals surface area contributed by atoms with Gasteiger partial charge in [0.2, 0.25) is 6.10 Å². The van der Waals surface area contributed by atoms with E-state index in [1.54, 1.807) is 31.2 Å². The number of aliphatic hydroxyl groups is 1. The van der Waals surface area contributed by atoms with Gasteiger partial charge in [0.25, 0.3) is 0 Å². The third-order valence-electron chi connectivity index (χ3n) is 2.03. The Bertz CT molecular complexity index is 361. The molecule has 0 heterocycles. The Morgan fingerprint density at radius 3 is 2.47 bits per heavy atom. The number of halogens is 1. The van der Waals surface area contributed by atoms with Crippen molar-refractivity contribution < 1.29 is 19.4 Å². The molecule has 0 aliphatic heterocycles. The van der Waals surface area contributed by atoms with Crippen LogP contribution in [0.2, 0.25) is 5.02 Å². The molecule has 0 radical (unpaired) electrons. The van der Waals surface area contributed by atoms with Gasteiger partial charge in [-0.3, -0.25) is 0 Å². The summed E-state index contributed by atoms with van der Waals surface area (Å²) in [6.07, 6.45) is -1.99. The van der Waals surface area contributed by atoms with E-state index in [4.69, 9.17) is 21.1 Å². The first-order valence-corrected chi connectivity index (χ1v) is 5.69. The van der Waals surface area contributed by atoms with Crippen LogP contribution in [0.4, 0.5) is 0 Å². The molecule has 1 N–H and O–H groups in total. The zero-order chi connectivity index (χ0) is 12.8. The first-order valence-electron chi connectivity index (χ1n) is 5.31. The maximum Gasteiger partial charge on any atom is 0.350 e. The summed E-state index contributed by atoms with van der Waals surface area (Å²) in [5.41, 5.74) is 0. The van der Waals surface area contributed by atoms with Crippen molar-refractivity contribution in [3.05, 3.63) is 29.3 Å². The van der Waals surface area contributed by atoms with Crippen molar-refractivity contribution >= 4 is 17.6 Å². The zero-order valence-electron chi connectivity index (χ0n) is 9.72. The third-order valence-corrected chi connectivity index (χ3v) is 2.29. The highest BCUT2D eigenvalue weighted by Crippen LogP contribution is 2.18. The lowest BCUT2D eigenvalue weighted by Crippen LogP contribution is -2.38. The van der Waals surface area contributed by atoms with E-state index in [1.165, 1.54) is 6.92 Å². The zero-order valence-corrected chi connectivity index (χ0v) is 10.5. The standard InChI is InChI=1S/C12H15ClO4/c1-3-16-12(15)11(8(2)14)17-10-6-4-9(13)5-7-10/h4-8,11,14H,3H2,1-2H3/t8-,11+/m0/s1. The molecule has 0 aliphatic rings. The fourth-order valence-electron chi connectivity index (χ4n) is 1.23. The second-order valence-electron chi connectivity index (χ2n) is 3.49. The van der Waals surface area contributed by atoms with Crippen LogP contribution in [0.25, 0.3) is 0 Å². The van der Waals surface area contributed by atoms with Crippen molar-refractivity contribution in [1.82, 2.24) is 0 Å². The summed E-state index contributed by atoms with van der Waals surface area (Å²) >= 11 is 5.73. The molecule has 0 fully saturated rings. The Balaban J connectivity index is 2.73. The lowest BCUT2D eigenvalue weighted by Gasteiger charge is -2.19. The Morgan fingerprint density at radius 2 is 2.00 bits per heavy atom. The van der Waals surface area contributed by atoms with Gasteiger partial charge in [-0.2, -0.15) is 0 Å². The highest BCUT2D eigenvalue weighted by atomic mass is 35.5. The molecule has 2 atom stereocenters. The Kier molecular flexibility index (Phi) is 5.25. The first kappa shape index (κ1) is 13.8. The van der Waals surface area contributed by atoms with Crippen LogP contribution in [0.1, 0.15) is 13.8 Å². The van der Waals surface area contributed by atoms with Crippen LogP contribution in [0, 0.1) is 0 Å². The number of aliphatic hydroxyl groups excluding tert-OH is 1. The van der Waals surface area contributed by atoms with E-state index < -0.39 is 18.2 Å². The fraction of sp³-hybridized carbons (Fsp3) is 0.417. The van der Waals surface area contributed by atoms with E-state index in [0.29, 0.717) is 10.8 Å². The van der Waals surface area contributed by atoms with E-state index >= 15 is 0 Å². The normalized spacial score (nSPS) is 13.9. The van der Waals surface area contributed by atoms with Crippen molar-refractivity contribution in [3.8, 4) is 5.75 Å². The second-order valence-corrected chi connectivity index (χ2v) is 3.92.